The molecule has 1 atom stereocenters. The van der Waals surface area contributed by atoms with Gasteiger partial charge >= 0.3 is 0 Å². The lowest BCUT2D eigenvalue weighted by molar-refractivity contribution is 0.0949. The summed E-state index contributed by atoms with van der Waals surface area (Å²) in [5.74, 6) is -0.252. The highest BCUT2D eigenvalue weighted by Crippen LogP contribution is 2.22. The van der Waals surface area contributed by atoms with Crippen LogP contribution in [0.2, 0.25) is 0 Å². The Kier molecular flexibility index (Phi) is 6.79. The number of sulfonamides is 1. The van der Waals surface area contributed by atoms with Crippen molar-refractivity contribution in [3.8, 4) is 0 Å². The van der Waals surface area contributed by atoms with Gasteiger partial charge in [0, 0.05) is 25.7 Å². The molecule has 0 radical (unpaired) electrons. The van der Waals surface area contributed by atoms with Crippen LogP contribution in [0.25, 0.3) is 0 Å². The minimum atomic E-state index is -3.20. The van der Waals surface area contributed by atoms with Gasteiger partial charge in [0.1, 0.15) is 0 Å². The lowest BCUT2D eigenvalue weighted by Crippen LogP contribution is -2.43. The van der Waals surface area contributed by atoms with Gasteiger partial charge in [-0.1, -0.05) is 42.0 Å². The molecule has 0 spiro atoms. The van der Waals surface area contributed by atoms with Crippen LogP contribution in [0.4, 0.5) is 0 Å². The monoisotopic (exact) mass is 405 g/mol. The lowest BCUT2D eigenvalue weighted by atomic mass is 10.0. The molecule has 152 valence electrons. The van der Waals surface area contributed by atoms with E-state index in [1.807, 2.05) is 30.3 Å². The zero-order valence-corrected chi connectivity index (χ0v) is 16.9. The number of hydrogen-bond acceptors (Lipinski definition) is 5. The molecule has 1 aliphatic heterocycles. The number of nitrogens with one attached hydrogen (secondary N) is 1. The standard InChI is InChI=1S/C19H27N5O3S/c1-28(26,27)24-13-6-5-9-17(24)11-14-23-15-18(21-22-23)19(25)20-12-10-16-7-3-2-4-8-16/h2-4,7-8,15,17H,5-6,9-14H2,1H3,(H,20,25). The Morgan fingerprint density at radius 1 is 1.25 bits per heavy atom. The Labute approximate surface area is 166 Å². The molecule has 1 fully saturated rings. The lowest BCUT2D eigenvalue weighted by Gasteiger charge is -2.33. The smallest absolute Gasteiger partial charge is 0.273 e. The SMILES string of the molecule is CS(=O)(=O)N1CCCCC1CCn1cc(C(=O)NCCc2ccccc2)nn1. The van der Waals surface area contributed by atoms with Crippen molar-refractivity contribution in [1.29, 1.82) is 0 Å². The Morgan fingerprint density at radius 3 is 2.79 bits per heavy atom. The van der Waals surface area contributed by atoms with Crippen molar-refractivity contribution >= 4 is 15.9 Å². The quantitative estimate of drug-likeness (QED) is 0.717. The maximum Gasteiger partial charge on any atom is 0.273 e. The molecule has 0 aliphatic carbocycles. The van der Waals surface area contributed by atoms with Crippen LogP contribution in [0.3, 0.4) is 0 Å². The van der Waals surface area contributed by atoms with Gasteiger partial charge in [-0.2, -0.15) is 4.31 Å². The summed E-state index contributed by atoms with van der Waals surface area (Å²) in [6.07, 6.45) is 7.08. The van der Waals surface area contributed by atoms with Gasteiger partial charge in [-0.05, 0) is 31.2 Å². The number of hydrogen-bond donors (Lipinski definition) is 1. The van der Waals surface area contributed by atoms with Gasteiger partial charge in [-0.15, -0.1) is 5.10 Å². The van der Waals surface area contributed by atoms with E-state index < -0.39 is 10.0 Å². The molecule has 2 heterocycles. The van der Waals surface area contributed by atoms with Crippen molar-refractivity contribution in [3.63, 3.8) is 0 Å². The summed E-state index contributed by atoms with van der Waals surface area (Å²) in [6, 6.07) is 9.93. The summed E-state index contributed by atoms with van der Waals surface area (Å²) in [4.78, 5) is 12.2. The number of rotatable bonds is 8. The van der Waals surface area contributed by atoms with E-state index >= 15 is 0 Å². The van der Waals surface area contributed by atoms with Gasteiger partial charge in [0.2, 0.25) is 10.0 Å². The van der Waals surface area contributed by atoms with E-state index in [1.165, 1.54) is 6.26 Å². The number of aryl methyl sites for hydroxylation is 1. The van der Waals surface area contributed by atoms with Crippen LogP contribution in [0.1, 0.15) is 41.7 Å². The van der Waals surface area contributed by atoms with Crippen molar-refractivity contribution in [2.45, 2.75) is 44.7 Å². The summed E-state index contributed by atoms with van der Waals surface area (Å²) >= 11 is 0. The fourth-order valence-electron chi connectivity index (χ4n) is 3.55. The number of nitrogens with zero attached hydrogens (tertiary/aromatic N) is 4. The second-order valence-corrected chi connectivity index (χ2v) is 9.11. The number of benzene rings is 1. The van der Waals surface area contributed by atoms with Crippen LogP contribution in [0.5, 0.6) is 0 Å². The summed E-state index contributed by atoms with van der Waals surface area (Å²) in [6.45, 7) is 1.64. The Hall–Kier alpha value is -2.26. The first-order valence-electron chi connectivity index (χ1n) is 9.62. The van der Waals surface area contributed by atoms with E-state index in [1.54, 1.807) is 15.2 Å². The van der Waals surface area contributed by atoms with Crippen LogP contribution < -0.4 is 5.32 Å². The average Bonchev–Trinajstić information content (AvgIpc) is 3.16. The number of aromatic nitrogens is 3. The molecular weight excluding hydrogens is 378 g/mol. The van der Waals surface area contributed by atoms with E-state index in [0.29, 0.717) is 26.1 Å². The van der Waals surface area contributed by atoms with E-state index in [0.717, 1.165) is 31.2 Å². The molecule has 28 heavy (non-hydrogen) atoms. The molecule has 1 N–H and O–H groups in total. The van der Waals surface area contributed by atoms with Crippen LogP contribution in [-0.2, 0) is 23.0 Å². The third-order valence-corrected chi connectivity index (χ3v) is 6.34. The molecule has 1 saturated heterocycles. The Morgan fingerprint density at radius 2 is 2.04 bits per heavy atom. The minimum Gasteiger partial charge on any atom is -0.350 e. The van der Waals surface area contributed by atoms with Crippen LogP contribution in [-0.4, -0.2) is 59.0 Å². The predicted molar refractivity (Wildman–Crippen MR) is 106 cm³/mol. The van der Waals surface area contributed by atoms with Crippen molar-refractivity contribution in [2.75, 3.05) is 19.3 Å². The van der Waals surface area contributed by atoms with E-state index in [9.17, 15) is 13.2 Å². The van der Waals surface area contributed by atoms with Gasteiger partial charge in [-0.3, -0.25) is 9.48 Å². The van der Waals surface area contributed by atoms with Crippen LogP contribution in [0.15, 0.2) is 36.5 Å². The number of amides is 1. The Bertz CT molecular complexity index is 882. The second kappa shape index (κ2) is 9.29. The van der Waals surface area contributed by atoms with Crippen molar-refractivity contribution in [3.05, 3.63) is 47.8 Å². The molecule has 1 aliphatic rings. The maximum absolute atomic E-state index is 12.2. The topological polar surface area (TPSA) is 97.2 Å². The summed E-state index contributed by atoms with van der Waals surface area (Å²) in [5.41, 5.74) is 1.44. The summed E-state index contributed by atoms with van der Waals surface area (Å²) in [7, 11) is -3.20. The first-order chi connectivity index (χ1) is 13.4. The average molecular weight is 406 g/mol. The zero-order chi connectivity index (χ0) is 20.0. The van der Waals surface area contributed by atoms with E-state index in [2.05, 4.69) is 15.6 Å². The molecule has 1 unspecified atom stereocenters. The van der Waals surface area contributed by atoms with Gasteiger partial charge in [0.15, 0.2) is 5.69 Å². The highest BCUT2D eigenvalue weighted by Gasteiger charge is 2.29. The molecule has 1 aromatic heterocycles. The largest absolute Gasteiger partial charge is 0.350 e. The van der Waals surface area contributed by atoms with Crippen molar-refractivity contribution < 1.29 is 13.2 Å². The number of carbonyl (C=O) groups excluding carboxylic acids is 1. The van der Waals surface area contributed by atoms with Gasteiger partial charge in [0.05, 0.1) is 12.5 Å². The van der Waals surface area contributed by atoms with Gasteiger partial charge in [0.25, 0.3) is 5.91 Å². The third kappa shape index (κ3) is 5.62. The third-order valence-electron chi connectivity index (χ3n) is 5.00. The van der Waals surface area contributed by atoms with Gasteiger partial charge in [-0.25, -0.2) is 8.42 Å². The van der Waals surface area contributed by atoms with Crippen molar-refractivity contribution in [2.24, 2.45) is 0 Å². The number of carbonyl (C=O) groups is 1. The molecular formula is C19H27N5O3S. The maximum atomic E-state index is 12.2. The second-order valence-electron chi connectivity index (χ2n) is 7.17. The fraction of sp³-hybridized carbons (Fsp3) is 0.526. The molecule has 3 rings (SSSR count). The van der Waals surface area contributed by atoms with Crippen LogP contribution >= 0.6 is 0 Å². The Balaban J connectivity index is 1.48. The molecule has 2 aromatic rings. The molecule has 0 bridgehead atoms. The molecule has 0 saturated carbocycles. The molecule has 8 nitrogen and oxygen atoms in total. The highest BCUT2D eigenvalue weighted by atomic mass is 32.2. The van der Waals surface area contributed by atoms with E-state index in [-0.39, 0.29) is 17.6 Å². The highest BCUT2D eigenvalue weighted by molar-refractivity contribution is 7.88. The first kappa shape index (κ1) is 20.5. The zero-order valence-electron chi connectivity index (χ0n) is 16.1. The number of piperidine rings is 1. The fourth-order valence-corrected chi connectivity index (χ4v) is 4.76. The normalized spacial score (nSPS) is 18.1. The first-order valence-corrected chi connectivity index (χ1v) is 11.5. The molecule has 1 amide bonds. The van der Waals surface area contributed by atoms with Gasteiger partial charge < -0.3 is 5.32 Å². The molecule has 1 aromatic carbocycles. The van der Waals surface area contributed by atoms with Crippen LogP contribution in [0, 0.1) is 0 Å². The van der Waals surface area contributed by atoms with E-state index in [4.69, 9.17) is 0 Å². The minimum absolute atomic E-state index is 0.0175. The summed E-state index contributed by atoms with van der Waals surface area (Å²) < 4.78 is 27.1. The predicted octanol–water partition coefficient (Wildman–Crippen LogP) is 1.45. The van der Waals surface area contributed by atoms with Crippen molar-refractivity contribution in [1.82, 2.24) is 24.6 Å². The summed E-state index contributed by atoms with van der Waals surface area (Å²) in [5, 5.41) is 10.8. The molecule has 9 heteroatoms.